The van der Waals surface area contributed by atoms with Crippen molar-refractivity contribution in [2.24, 2.45) is 11.8 Å². The van der Waals surface area contributed by atoms with Crippen LogP contribution in [0.1, 0.15) is 105 Å². The van der Waals surface area contributed by atoms with Crippen molar-refractivity contribution in [2.45, 2.75) is 117 Å². The van der Waals surface area contributed by atoms with Crippen molar-refractivity contribution in [1.29, 1.82) is 0 Å². The van der Waals surface area contributed by atoms with Gasteiger partial charge in [-0.25, -0.2) is 0 Å². The highest BCUT2D eigenvalue weighted by Gasteiger charge is 1.83. The topological polar surface area (TPSA) is 18.5 Å². The van der Waals surface area contributed by atoms with Crippen molar-refractivity contribution >= 4 is 0 Å². The number of hydrogen-bond acceptors (Lipinski definition) is 2. The van der Waals surface area contributed by atoms with Gasteiger partial charge >= 0.3 is 0 Å². The fourth-order valence-electron chi connectivity index (χ4n) is 0.333. The molecule has 0 amide bonds. The molecule has 0 saturated heterocycles. The van der Waals surface area contributed by atoms with Gasteiger partial charge in [0.1, 0.15) is 0 Å². The van der Waals surface area contributed by atoms with E-state index in [1.165, 1.54) is 6.42 Å². The van der Waals surface area contributed by atoms with Crippen molar-refractivity contribution in [3.63, 3.8) is 0 Å². The summed E-state index contributed by atoms with van der Waals surface area (Å²) in [5.74, 6) is 1.72. The number of ether oxygens (including phenoxy) is 2. The molecule has 0 aliphatic rings. The zero-order valence-corrected chi connectivity index (χ0v) is 16.5. The minimum absolute atomic E-state index is 0. The maximum atomic E-state index is 5.04. The second-order valence-electron chi connectivity index (χ2n) is 6.32. The lowest BCUT2D eigenvalue weighted by molar-refractivity contribution is 0.0899. The standard InChI is InChI=1S/C5H12O.C5H12.C4H10O.C4H10.3CH4/c1-4-6-5(2)3;1-4-5(2)3;1-4(2)5-3;1-4(2)3;;;/h5H,4H2,1-3H3;5H,4H2,1-3H3;4H,1-3H3;4H,1-3H3;3*1H4. The van der Waals surface area contributed by atoms with E-state index in [2.05, 4.69) is 41.5 Å². The molecule has 0 aromatic carbocycles. The van der Waals surface area contributed by atoms with Crippen LogP contribution in [0.25, 0.3) is 0 Å². The third-order valence-corrected chi connectivity index (χ3v) is 1.79. The summed E-state index contributed by atoms with van der Waals surface area (Å²) >= 11 is 0. The number of hydrogen-bond donors (Lipinski definition) is 0. The number of rotatable bonds is 4. The Morgan fingerprint density at radius 3 is 0.870 bits per heavy atom. The van der Waals surface area contributed by atoms with Crippen LogP contribution in [0.3, 0.4) is 0 Å². The van der Waals surface area contributed by atoms with Gasteiger partial charge in [0.25, 0.3) is 0 Å². The Kier molecular flexibility index (Phi) is 71.5. The van der Waals surface area contributed by atoms with Crippen LogP contribution in [0.15, 0.2) is 0 Å². The van der Waals surface area contributed by atoms with Crippen LogP contribution in [0.5, 0.6) is 0 Å². The van der Waals surface area contributed by atoms with E-state index >= 15 is 0 Å². The van der Waals surface area contributed by atoms with Crippen LogP contribution in [0.2, 0.25) is 0 Å². The van der Waals surface area contributed by atoms with E-state index in [9.17, 15) is 0 Å². The fourth-order valence-corrected chi connectivity index (χ4v) is 0.333. The molecule has 0 spiro atoms. The molecule has 0 aromatic heterocycles. The Morgan fingerprint density at radius 2 is 0.870 bits per heavy atom. The Balaban J connectivity index is -0.0000000287. The fraction of sp³-hybridized carbons (Fsp3) is 1.00. The van der Waals surface area contributed by atoms with Gasteiger partial charge in [0.05, 0.1) is 12.2 Å². The lowest BCUT2D eigenvalue weighted by atomic mass is 10.2. The summed E-state index contributed by atoms with van der Waals surface area (Å²) in [6.07, 6.45) is 2.09. The largest absolute Gasteiger partial charge is 0.382 e. The van der Waals surface area contributed by atoms with Gasteiger partial charge in [0, 0.05) is 13.7 Å². The van der Waals surface area contributed by atoms with Gasteiger partial charge < -0.3 is 9.47 Å². The SMILES string of the molecule is C.C.C.CC(C)C.CCC(C)C.CCOC(C)C.COC(C)C. The average Bonchev–Trinajstić information content (AvgIpc) is 2.29. The Morgan fingerprint density at radius 1 is 0.652 bits per heavy atom. The highest BCUT2D eigenvalue weighted by molar-refractivity contribution is 4.32. The molecule has 0 saturated carbocycles. The van der Waals surface area contributed by atoms with Crippen LogP contribution in [0.4, 0.5) is 0 Å². The first-order valence-electron chi connectivity index (χ1n) is 8.19. The summed E-state index contributed by atoms with van der Waals surface area (Å²) < 4.78 is 9.79. The zero-order valence-electron chi connectivity index (χ0n) is 16.5. The predicted octanol–water partition coefficient (Wildman–Crippen LogP) is 8.10. The summed E-state index contributed by atoms with van der Waals surface area (Å²) in [7, 11) is 1.70. The lowest BCUT2D eigenvalue weighted by Crippen LogP contribution is -1.99. The highest BCUT2D eigenvalue weighted by Crippen LogP contribution is 1.93. The average molecular weight is 341 g/mol. The van der Waals surface area contributed by atoms with E-state index in [1.54, 1.807) is 7.11 Å². The van der Waals surface area contributed by atoms with Gasteiger partial charge in [-0.15, -0.1) is 0 Å². The van der Waals surface area contributed by atoms with Crippen molar-refractivity contribution in [3.8, 4) is 0 Å². The van der Waals surface area contributed by atoms with Crippen LogP contribution < -0.4 is 0 Å². The second kappa shape index (κ2) is 37.9. The van der Waals surface area contributed by atoms with Crippen LogP contribution in [-0.2, 0) is 9.47 Å². The second-order valence-corrected chi connectivity index (χ2v) is 6.32. The van der Waals surface area contributed by atoms with Crippen LogP contribution in [0, 0.1) is 11.8 Å². The van der Waals surface area contributed by atoms with E-state index in [4.69, 9.17) is 9.47 Å². The zero-order chi connectivity index (χ0) is 17.1. The van der Waals surface area contributed by atoms with Crippen molar-refractivity contribution < 1.29 is 9.47 Å². The Hall–Kier alpha value is -0.0800. The van der Waals surface area contributed by atoms with Crippen LogP contribution >= 0.6 is 0 Å². The molecule has 0 aliphatic heterocycles. The summed E-state index contributed by atoms with van der Waals surface area (Å²) in [5.41, 5.74) is 0. The van der Waals surface area contributed by atoms with E-state index < -0.39 is 0 Å². The molecule has 0 bridgehead atoms. The van der Waals surface area contributed by atoms with Gasteiger partial charge in [-0.1, -0.05) is 70.2 Å². The van der Waals surface area contributed by atoms with Crippen molar-refractivity contribution in [2.75, 3.05) is 13.7 Å². The molecular formula is C21H56O2. The summed E-state index contributed by atoms with van der Waals surface area (Å²) in [6, 6.07) is 0. The smallest absolute Gasteiger partial charge is 0.0518 e. The molecule has 0 atom stereocenters. The lowest BCUT2D eigenvalue weighted by Gasteiger charge is -2.00. The molecule has 2 heteroatoms. The normalized spacial score (nSPS) is 8.35. The molecule has 23 heavy (non-hydrogen) atoms. The molecule has 0 aromatic rings. The van der Waals surface area contributed by atoms with Crippen molar-refractivity contribution in [1.82, 2.24) is 0 Å². The van der Waals surface area contributed by atoms with E-state index in [0.29, 0.717) is 12.2 Å². The Labute approximate surface area is 152 Å². The maximum Gasteiger partial charge on any atom is 0.0518 e. The highest BCUT2D eigenvalue weighted by atomic mass is 16.5. The molecule has 0 rings (SSSR count). The van der Waals surface area contributed by atoms with Gasteiger partial charge in [0.2, 0.25) is 0 Å². The Bertz CT molecular complexity index is 119. The van der Waals surface area contributed by atoms with Crippen LogP contribution in [-0.4, -0.2) is 25.9 Å². The molecule has 2 nitrogen and oxygen atoms in total. The predicted molar refractivity (Wildman–Crippen MR) is 115 cm³/mol. The number of methoxy groups -OCH3 is 1. The maximum absolute atomic E-state index is 5.04. The molecule has 0 aliphatic carbocycles. The summed E-state index contributed by atoms with van der Waals surface area (Å²) in [5, 5.41) is 0. The minimum atomic E-state index is 0. The van der Waals surface area contributed by atoms with E-state index in [1.807, 2.05) is 34.6 Å². The first kappa shape index (κ1) is 43.5. The minimum Gasteiger partial charge on any atom is -0.382 e. The van der Waals surface area contributed by atoms with Gasteiger partial charge in [-0.2, -0.15) is 0 Å². The first-order valence-corrected chi connectivity index (χ1v) is 8.19. The molecule has 152 valence electrons. The van der Waals surface area contributed by atoms with Crippen molar-refractivity contribution in [3.05, 3.63) is 0 Å². The molecule has 0 radical (unpaired) electrons. The van der Waals surface area contributed by atoms with E-state index in [0.717, 1.165) is 18.4 Å². The van der Waals surface area contributed by atoms with Gasteiger partial charge in [-0.05, 0) is 46.5 Å². The molecule has 0 heterocycles. The summed E-state index contributed by atoms with van der Waals surface area (Å²) in [6.45, 7) is 24.0. The van der Waals surface area contributed by atoms with E-state index in [-0.39, 0.29) is 22.3 Å². The molecule has 0 unspecified atom stereocenters. The monoisotopic (exact) mass is 340 g/mol. The quantitative estimate of drug-likeness (QED) is 0.514. The molecule has 0 N–H and O–H groups in total. The third-order valence-electron chi connectivity index (χ3n) is 1.79. The molecule has 0 fully saturated rings. The third kappa shape index (κ3) is 182. The summed E-state index contributed by atoms with van der Waals surface area (Å²) in [4.78, 5) is 0. The first-order chi connectivity index (χ1) is 9.04. The van der Waals surface area contributed by atoms with Gasteiger partial charge in [-0.3, -0.25) is 0 Å². The molecular weight excluding hydrogens is 284 g/mol. The van der Waals surface area contributed by atoms with Gasteiger partial charge in [0.15, 0.2) is 0 Å².